The molecule has 2 rings (SSSR count). The molecule has 1 N–H and O–H groups in total. The molecule has 1 unspecified atom stereocenters. The van der Waals surface area contributed by atoms with E-state index in [1.807, 2.05) is 11.7 Å². The van der Waals surface area contributed by atoms with Crippen molar-refractivity contribution in [3.8, 4) is 0 Å². The lowest BCUT2D eigenvalue weighted by Crippen LogP contribution is -2.36. The number of hydrogen-bond acceptors (Lipinski definition) is 3. The smallest absolute Gasteiger partial charge is 0.0641 e. The molecule has 1 aliphatic heterocycles. The number of nitrogens with one attached hydrogen (secondary N) is 1. The Hall–Kier alpha value is -0.870. The molecule has 1 fully saturated rings. The van der Waals surface area contributed by atoms with E-state index in [1.165, 1.54) is 44.5 Å². The topological polar surface area (TPSA) is 33.1 Å². The van der Waals surface area contributed by atoms with Gasteiger partial charge in [0, 0.05) is 37.9 Å². The highest BCUT2D eigenvalue weighted by Crippen LogP contribution is 2.15. The maximum atomic E-state index is 4.40. The fourth-order valence-corrected chi connectivity index (χ4v) is 2.78. The quantitative estimate of drug-likeness (QED) is 0.866. The summed E-state index contributed by atoms with van der Waals surface area (Å²) in [6, 6.07) is 0.392. The van der Waals surface area contributed by atoms with Crippen LogP contribution in [0.3, 0.4) is 0 Å². The van der Waals surface area contributed by atoms with Gasteiger partial charge in [0.25, 0.3) is 0 Å². The zero-order valence-electron chi connectivity index (χ0n) is 11.9. The van der Waals surface area contributed by atoms with Gasteiger partial charge in [0.15, 0.2) is 0 Å². The van der Waals surface area contributed by atoms with Crippen molar-refractivity contribution in [1.82, 2.24) is 20.0 Å². The molecule has 1 saturated heterocycles. The normalized spacial score (nSPS) is 19.1. The third kappa shape index (κ3) is 3.56. The summed E-state index contributed by atoms with van der Waals surface area (Å²) < 4.78 is 1.90. The molecule has 0 radical (unpaired) electrons. The van der Waals surface area contributed by atoms with Gasteiger partial charge in [-0.3, -0.25) is 4.68 Å². The van der Waals surface area contributed by atoms with E-state index in [-0.39, 0.29) is 0 Å². The largest absolute Gasteiger partial charge is 0.309 e. The van der Waals surface area contributed by atoms with Crippen molar-refractivity contribution in [2.45, 2.75) is 39.2 Å². The molecule has 18 heavy (non-hydrogen) atoms. The lowest BCUT2D eigenvalue weighted by molar-refractivity contribution is 0.227. The molecule has 4 heteroatoms. The van der Waals surface area contributed by atoms with Crippen LogP contribution >= 0.6 is 0 Å². The van der Waals surface area contributed by atoms with E-state index in [9.17, 15) is 0 Å². The molecule has 2 heterocycles. The molecule has 0 saturated carbocycles. The summed E-state index contributed by atoms with van der Waals surface area (Å²) in [5.74, 6) is 0. The second-order valence-corrected chi connectivity index (χ2v) is 5.42. The second kappa shape index (κ2) is 6.34. The van der Waals surface area contributed by atoms with Gasteiger partial charge in [-0.25, -0.2) is 0 Å². The van der Waals surface area contributed by atoms with Crippen LogP contribution < -0.4 is 5.32 Å². The minimum Gasteiger partial charge on any atom is -0.309 e. The number of hydrogen-bond donors (Lipinski definition) is 1. The highest BCUT2D eigenvalue weighted by Gasteiger charge is 2.13. The lowest BCUT2D eigenvalue weighted by Gasteiger charge is -2.27. The number of piperidine rings is 1. The predicted molar refractivity (Wildman–Crippen MR) is 74.7 cm³/mol. The van der Waals surface area contributed by atoms with Gasteiger partial charge in [-0.1, -0.05) is 6.42 Å². The first kappa shape index (κ1) is 13.6. The summed E-state index contributed by atoms with van der Waals surface area (Å²) >= 11 is 0. The van der Waals surface area contributed by atoms with Crippen LogP contribution in [0.4, 0.5) is 0 Å². The molecule has 1 atom stereocenters. The molecule has 0 aliphatic carbocycles. The van der Waals surface area contributed by atoms with Crippen LogP contribution in [0.1, 0.15) is 43.5 Å². The Morgan fingerprint density at radius 2 is 2.06 bits per heavy atom. The third-order valence-corrected chi connectivity index (χ3v) is 3.85. The van der Waals surface area contributed by atoms with Gasteiger partial charge in [-0.2, -0.15) is 5.10 Å². The van der Waals surface area contributed by atoms with Crippen LogP contribution in [0, 0.1) is 6.92 Å². The molecule has 1 aromatic rings. The van der Waals surface area contributed by atoms with Gasteiger partial charge in [0.2, 0.25) is 0 Å². The zero-order chi connectivity index (χ0) is 13.0. The van der Waals surface area contributed by atoms with E-state index >= 15 is 0 Å². The molecule has 102 valence electrons. The van der Waals surface area contributed by atoms with Crippen molar-refractivity contribution in [3.05, 3.63) is 17.5 Å². The van der Waals surface area contributed by atoms with E-state index in [2.05, 4.69) is 35.4 Å². The molecule has 1 aromatic heterocycles. The minimum atomic E-state index is 0.392. The van der Waals surface area contributed by atoms with E-state index in [1.54, 1.807) is 0 Å². The lowest BCUT2D eigenvalue weighted by atomic mass is 10.1. The summed E-state index contributed by atoms with van der Waals surface area (Å²) in [6.07, 6.45) is 6.28. The first-order chi connectivity index (χ1) is 8.66. The first-order valence-electron chi connectivity index (χ1n) is 7.12. The van der Waals surface area contributed by atoms with Crippen LogP contribution in [-0.2, 0) is 7.05 Å². The molecular weight excluding hydrogens is 224 g/mol. The van der Waals surface area contributed by atoms with E-state index in [0.717, 1.165) is 12.2 Å². The van der Waals surface area contributed by atoms with Crippen LogP contribution in [0.25, 0.3) is 0 Å². The number of likely N-dealkylation sites (tertiary alicyclic amines) is 1. The Morgan fingerprint density at radius 1 is 1.33 bits per heavy atom. The van der Waals surface area contributed by atoms with E-state index in [4.69, 9.17) is 0 Å². The Balaban J connectivity index is 1.74. The van der Waals surface area contributed by atoms with Crippen molar-refractivity contribution >= 4 is 0 Å². The van der Waals surface area contributed by atoms with Crippen LogP contribution in [0.15, 0.2) is 6.20 Å². The predicted octanol–water partition coefficient (Wildman–Crippen LogP) is 1.87. The monoisotopic (exact) mass is 250 g/mol. The third-order valence-electron chi connectivity index (χ3n) is 3.85. The molecule has 0 spiro atoms. The number of nitrogens with zero attached hydrogens (tertiary/aromatic N) is 3. The van der Waals surface area contributed by atoms with Crippen LogP contribution in [-0.4, -0.2) is 40.9 Å². The van der Waals surface area contributed by atoms with Crippen molar-refractivity contribution in [2.24, 2.45) is 7.05 Å². The first-order valence-corrected chi connectivity index (χ1v) is 7.12. The Bertz CT molecular complexity index is 366. The number of aryl methyl sites for hydroxylation is 2. The highest BCUT2D eigenvalue weighted by atomic mass is 15.3. The van der Waals surface area contributed by atoms with Crippen molar-refractivity contribution < 1.29 is 0 Å². The van der Waals surface area contributed by atoms with Gasteiger partial charge in [0.1, 0.15) is 0 Å². The number of rotatable bonds is 5. The summed E-state index contributed by atoms with van der Waals surface area (Å²) in [5, 5.41) is 8.00. The van der Waals surface area contributed by atoms with Gasteiger partial charge < -0.3 is 10.2 Å². The van der Waals surface area contributed by atoms with Crippen molar-refractivity contribution in [2.75, 3.05) is 26.2 Å². The number of aromatic nitrogens is 2. The zero-order valence-corrected chi connectivity index (χ0v) is 11.9. The Kier molecular flexibility index (Phi) is 4.78. The van der Waals surface area contributed by atoms with E-state index < -0.39 is 0 Å². The van der Waals surface area contributed by atoms with Crippen molar-refractivity contribution in [3.63, 3.8) is 0 Å². The fourth-order valence-electron chi connectivity index (χ4n) is 2.78. The average Bonchev–Trinajstić information content (AvgIpc) is 2.70. The van der Waals surface area contributed by atoms with Crippen LogP contribution in [0.5, 0.6) is 0 Å². The van der Waals surface area contributed by atoms with Gasteiger partial charge >= 0.3 is 0 Å². The van der Waals surface area contributed by atoms with Gasteiger partial charge in [-0.15, -0.1) is 0 Å². The summed E-state index contributed by atoms with van der Waals surface area (Å²) in [7, 11) is 1.98. The van der Waals surface area contributed by atoms with Gasteiger partial charge in [-0.05, 0) is 39.8 Å². The Labute approximate surface area is 110 Å². The maximum Gasteiger partial charge on any atom is 0.0641 e. The van der Waals surface area contributed by atoms with Gasteiger partial charge in [0.05, 0.1) is 5.69 Å². The second-order valence-electron chi connectivity index (χ2n) is 5.42. The Morgan fingerprint density at radius 3 is 2.67 bits per heavy atom. The minimum absolute atomic E-state index is 0.392. The fraction of sp³-hybridized carbons (Fsp3) is 0.786. The standard InChI is InChI=1S/C14H26N4/c1-12(14-11-17(3)16-13(14)2)15-7-10-18-8-5-4-6-9-18/h11-12,15H,4-10H2,1-3H3. The highest BCUT2D eigenvalue weighted by molar-refractivity contribution is 5.19. The average molecular weight is 250 g/mol. The molecule has 0 bridgehead atoms. The molecule has 0 amide bonds. The maximum absolute atomic E-state index is 4.40. The summed E-state index contributed by atoms with van der Waals surface area (Å²) in [4.78, 5) is 2.57. The molecule has 4 nitrogen and oxygen atoms in total. The molecule has 0 aromatic carbocycles. The summed E-state index contributed by atoms with van der Waals surface area (Å²) in [6.45, 7) is 9.10. The van der Waals surface area contributed by atoms with E-state index in [0.29, 0.717) is 6.04 Å². The molecule has 1 aliphatic rings. The van der Waals surface area contributed by atoms with Crippen molar-refractivity contribution in [1.29, 1.82) is 0 Å². The SMILES string of the molecule is Cc1nn(C)cc1C(C)NCCN1CCCCC1. The van der Waals surface area contributed by atoms with Crippen LogP contribution in [0.2, 0.25) is 0 Å². The summed E-state index contributed by atoms with van der Waals surface area (Å²) in [5.41, 5.74) is 2.45. The molecular formula is C14H26N4.